The zero-order valence-corrected chi connectivity index (χ0v) is 19.5. The molecule has 1 amide bonds. The maximum Gasteiger partial charge on any atom is 0.425 e. The number of amides is 1. The number of methoxy groups -OCH3 is 1. The normalized spacial score (nSPS) is 15.2. The van der Waals surface area contributed by atoms with E-state index in [-0.39, 0.29) is 32.1 Å². The van der Waals surface area contributed by atoms with Gasteiger partial charge in [0.1, 0.15) is 17.1 Å². The van der Waals surface area contributed by atoms with Gasteiger partial charge >= 0.3 is 6.18 Å². The Kier molecular flexibility index (Phi) is 9.23. The lowest BCUT2D eigenvalue weighted by atomic mass is 10.2. The number of alkyl halides is 3. The summed E-state index contributed by atoms with van der Waals surface area (Å²) in [6, 6.07) is 0. The van der Waals surface area contributed by atoms with Crippen LogP contribution in [0.4, 0.5) is 19.0 Å². The molecule has 3 heterocycles. The van der Waals surface area contributed by atoms with Gasteiger partial charge in [-0.3, -0.25) is 9.59 Å². The molecule has 1 atom stereocenters. The molecule has 0 saturated carbocycles. The van der Waals surface area contributed by atoms with Crippen LogP contribution in [0.2, 0.25) is 5.15 Å². The fourth-order valence-corrected chi connectivity index (χ4v) is 3.50. The summed E-state index contributed by atoms with van der Waals surface area (Å²) in [4.78, 5) is 36.0. The van der Waals surface area contributed by atoms with E-state index < -0.39 is 29.2 Å². The van der Waals surface area contributed by atoms with E-state index in [1.54, 1.807) is 16.2 Å². The monoisotopic (exact) mass is 520 g/mol. The molecule has 2 aromatic rings. The molecular weight excluding hydrogens is 497 g/mol. The zero-order chi connectivity index (χ0) is 25.4. The summed E-state index contributed by atoms with van der Waals surface area (Å²) in [7, 11) is 1.34. The van der Waals surface area contributed by atoms with E-state index >= 15 is 0 Å². The Balaban J connectivity index is 1.45. The van der Waals surface area contributed by atoms with E-state index in [4.69, 9.17) is 25.8 Å². The molecule has 192 valence electrons. The summed E-state index contributed by atoms with van der Waals surface area (Å²) in [5.41, 5.74) is -2.91. The molecule has 1 N–H and O–H groups in total. The Hall–Kier alpha value is -2.97. The predicted octanol–water partition coefficient (Wildman–Crippen LogP) is 1.38. The third kappa shape index (κ3) is 7.50. The molecule has 3 rings (SSSR count). The number of carbonyl (C=O) groups is 1. The Morgan fingerprint density at radius 2 is 1.91 bits per heavy atom. The maximum atomic E-state index is 13.2. The number of carbonyl (C=O) groups excluding carboxylic acids is 1. The Morgan fingerprint density at radius 1 is 1.17 bits per heavy atom. The van der Waals surface area contributed by atoms with Crippen molar-refractivity contribution in [3.05, 3.63) is 39.7 Å². The second-order valence-corrected chi connectivity index (χ2v) is 7.91. The number of halogens is 4. The summed E-state index contributed by atoms with van der Waals surface area (Å²) in [6.45, 7) is 1.92. The minimum Gasteiger partial charge on any atom is -0.483 e. The van der Waals surface area contributed by atoms with E-state index in [1.807, 2.05) is 4.90 Å². The smallest absolute Gasteiger partial charge is 0.425 e. The Morgan fingerprint density at radius 3 is 2.54 bits per heavy atom. The van der Waals surface area contributed by atoms with Crippen molar-refractivity contribution in [3.63, 3.8) is 0 Å². The number of nitrogens with zero attached hydrogens (tertiary/aromatic N) is 5. The summed E-state index contributed by atoms with van der Waals surface area (Å²) >= 11 is 5.75. The number of aromatic amines is 1. The molecule has 1 fully saturated rings. The van der Waals surface area contributed by atoms with Crippen LogP contribution in [0.1, 0.15) is 12.0 Å². The van der Waals surface area contributed by atoms with Crippen molar-refractivity contribution < 1.29 is 32.2 Å². The highest BCUT2D eigenvalue weighted by Crippen LogP contribution is 2.33. The molecule has 15 heteroatoms. The van der Waals surface area contributed by atoms with Crippen LogP contribution in [0, 0.1) is 0 Å². The van der Waals surface area contributed by atoms with Crippen molar-refractivity contribution in [2.75, 3.05) is 58.0 Å². The minimum atomic E-state index is -4.93. The fourth-order valence-electron chi connectivity index (χ4n) is 3.41. The molecule has 0 bridgehead atoms. The summed E-state index contributed by atoms with van der Waals surface area (Å²) in [6.07, 6.45) is -2.00. The molecule has 0 spiro atoms. The number of hydrogen-bond acceptors (Lipinski definition) is 9. The van der Waals surface area contributed by atoms with Crippen LogP contribution in [0.15, 0.2) is 23.4 Å². The van der Waals surface area contributed by atoms with Crippen LogP contribution in [-0.2, 0) is 20.4 Å². The van der Waals surface area contributed by atoms with Gasteiger partial charge in [-0.05, 0) is 0 Å². The van der Waals surface area contributed by atoms with Crippen molar-refractivity contribution in [3.8, 4) is 5.75 Å². The van der Waals surface area contributed by atoms with Gasteiger partial charge in [-0.2, -0.15) is 18.3 Å². The molecule has 0 aromatic carbocycles. The average molecular weight is 521 g/mol. The van der Waals surface area contributed by atoms with E-state index in [2.05, 4.69) is 15.1 Å². The maximum absolute atomic E-state index is 13.2. The average Bonchev–Trinajstić information content (AvgIpc) is 2.81. The van der Waals surface area contributed by atoms with E-state index in [1.165, 1.54) is 13.3 Å². The van der Waals surface area contributed by atoms with Crippen LogP contribution < -0.4 is 15.2 Å². The highest BCUT2D eigenvalue weighted by molar-refractivity contribution is 6.29. The molecule has 0 aliphatic carbocycles. The lowest BCUT2D eigenvalue weighted by Crippen LogP contribution is -2.49. The van der Waals surface area contributed by atoms with Crippen LogP contribution in [0.3, 0.4) is 0 Å². The first-order valence-electron chi connectivity index (χ1n) is 10.6. The van der Waals surface area contributed by atoms with Gasteiger partial charge in [0.15, 0.2) is 11.3 Å². The first kappa shape index (κ1) is 26.6. The summed E-state index contributed by atoms with van der Waals surface area (Å²) < 4.78 is 55.4. The second-order valence-electron chi connectivity index (χ2n) is 7.52. The van der Waals surface area contributed by atoms with E-state index in [0.29, 0.717) is 37.1 Å². The number of piperazine rings is 1. The number of H-pyrrole nitrogens is 1. The van der Waals surface area contributed by atoms with Crippen molar-refractivity contribution in [2.24, 2.45) is 0 Å². The third-order valence-corrected chi connectivity index (χ3v) is 5.27. The fraction of sp³-hybridized carbons (Fsp3) is 0.550. The molecule has 2 aromatic heterocycles. The summed E-state index contributed by atoms with van der Waals surface area (Å²) in [5.74, 6) is -0.168. The van der Waals surface area contributed by atoms with Gasteiger partial charge in [-0.15, -0.1) is 0 Å². The lowest BCUT2D eigenvalue weighted by molar-refractivity contribution is -0.141. The number of rotatable bonds is 10. The van der Waals surface area contributed by atoms with Gasteiger partial charge in [0.2, 0.25) is 5.91 Å². The van der Waals surface area contributed by atoms with Crippen molar-refractivity contribution in [1.82, 2.24) is 25.1 Å². The topological polar surface area (TPSA) is 123 Å². The van der Waals surface area contributed by atoms with Gasteiger partial charge in [-0.25, -0.2) is 15.1 Å². The second kappa shape index (κ2) is 12.1. The minimum absolute atomic E-state index is 0.0328. The third-order valence-electron chi connectivity index (χ3n) is 5.08. The number of nitrogens with one attached hydrogen (secondary N) is 1. The molecule has 35 heavy (non-hydrogen) atoms. The Bertz CT molecular complexity index is 1030. The van der Waals surface area contributed by atoms with Crippen molar-refractivity contribution in [1.29, 1.82) is 0 Å². The number of anilines is 1. The Labute approximate surface area is 203 Å². The number of aromatic nitrogens is 4. The number of ether oxygens (including phenoxy) is 3. The van der Waals surface area contributed by atoms with Crippen LogP contribution in [-0.4, -0.2) is 90.2 Å². The largest absolute Gasteiger partial charge is 0.483 e. The molecule has 1 saturated heterocycles. The molecule has 11 nitrogen and oxygen atoms in total. The quantitative estimate of drug-likeness (QED) is 0.463. The molecule has 1 unspecified atom stereocenters. The highest BCUT2D eigenvalue weighted by Gasteiger charge is 2.39. The van der Waals surface area contributed by atoms with Crippen molar-refractivity contribution >= 4 is 23.3 Å². The van der Waals surface area contributed by atoms with E-state index in [9.17, 15) is 22.8 Å². The van der Waals surface area contributed by atoms with Crippen LogP contribution in [0.25, 0.3) is 0 Å². The molecule has 0 radical (unpaired) electrons. The molecule has 1 aliphatic rings. The molecule has 1 aliphatic heterocycles. The van der Waals surface area contributed by atoms with Gasteiger partial charge in [0.05, 0.1) is 44.8 Å². The number of hydrogen-bond donors (Lipinski definition) is 1. The SMILES string of the molecule is COCC(COCCC(=O)N1CCN(c2cnc(Cl)cn2)CC1)Oc1cn[nH]c(=O)c1C(F)(F)F. The lowest BCUT2D eigenvalue weighted by Gasteiger charge is -2.35. The first-order valence-corrected chi connectivity index (χ1v) is 10.9. The zero-order valence-electron chi connectivity index (χ0n) is 18.8. The van der Waals surface area contributed by atoms with Crippen LogP contribution in [0.5, 0.6) is 5.75 Å². The predicted molar refractivity (Wildman–Crippen MR) is 117 cm³/mol. The standard InChI is InChI=1S/C20H24ClF3N6O5/c1-33-11-13(35-14-8-27-28-19(32)18(14)20(22,23)24)12-34-7-2-17(31)30-5-3-29(4-6-30)16-10-25-15(21)9-26-16/h8-10,13H,2-7,11-12H2,1H3,(H,28,32). The van der Waals surface area contributed by atoms with Crippen LogP contribution >= 0.6 is 11.6 Å². The van der Waals surface area contributed by atoms with Gasteiger partial charge < -0.3 is 24.0 Å². The highest BCUT2D eigenvalue weighted by atomic mass is 35.5. The van der Waals surface area contributed by atoms with Gasteiger partial charge in [0, 0.05) is 33.3 Å². The van der Waals surface area contributed by atoms with Gasteiger partial charge in [0.25, 0.3) is 5.56 Å². The van der Waals surface area contributed by atoms with Gasteiger partial charge in [-0.1, -0.05) is 11.6 Å². The summed E-state index contributed by atoms with van der Waals surface area (Å²) in [5, 5.41) is 5.40. The van der Waals surface area contributed by atoms with E-state index in [0.717, 1.165) is 6.20 Å². The van der Waals surface area contributed by atoms with Crippen molar-refractivity contribution in [2.45, 2.75) is 18.7 Å². The molecular formula is C20H24ClF3N6O5. The first-order chi connectivity index (χ1) is 16.7.